The Balaban J connectivity index is 0.00000225. The third-order valence-corrected chi connectivity index (χ3v) is 6.94. The van der Waals surface area contributed by atoms with Crippen molar-refractivity contribution in [3.05, 3.63) is 35.4 Å². The van der Waals surface area contributed by atoms with Gasteiger partial charge in [0.15, 0.2) is 0 Å². The summed E-state index contributed by atoms with van der Waals surface area (Å²) in [7, 11) is 0. The van der Waals surface area contributed by atoms with Gasteiger partial charge in [-0.05, 0) is 56.6 Å². The van der Waals surface area contributed by atoms with Crippen LogP contribution < -0.4 is 5.73 Å². The van der Waals surface area contributed by atoms with Crippen molar-refractivity contribution in [2.45, 2.75) is 45.1 Å². The molecule has 2 unspecified atom stereocenters. The molecular weight excluding hydrogens is 374 g/mol. The van der Waals surface area contributed by atoms with Crippen LogP contribution in [0, 0.1) is 24.7 Å². The number of amides is 2. The van der Waals surface area contributed by atoms with Gasteiger partial charge in [-0.3, -0.25) is 9.59 Å². The Kier molecular flexibility index (Phi) is 6.66. The van der Waals surface area contributed by atoms with Gasteiger partial charge in [0.25, 0.3) is 5.91 Å². The van der Waals surface area contributed by atoms with Crippen molar-refractivity contribution in [1.29, 1.82) is 0 Å². The molecule has 2 bridgehead atoms. The van der Waals surface area contributed by atoms with Crippen LogP contribution in [0.2, 0.25) is 0 Å². The first kappa shape index (κ1) is 21.1. The molecule has 2 N–H and O–H groups in total. The van der Waals surface area contributed by atoms with Gasteiger partial charge in [0.1, 0.15) is 0 Å². The van der Waals surface area contributed by atoms with E-state index in [4.69, 9.17) is 5.73 Å². The molecule has 3 aliphatic rings. The van der Waals surface area contributed by atoms with Crippen molar-refractivity contribution in [2.24, 2.45) is 23.5 Å². The quantitative estimate of drug-likeness (QED) is 0.822. The first-order valence-corrected chi connectivity index (χ1v) is 10.4. The fourth-order valence-corrected chi connectivity index (χ4v) is 5.26. The Morgan fingerprint density at radius 2 is 1.46 bits per heavy atom. The number of carbonyl (C=O) groups is 2. The van der Waals surface area contributed by atoms with Crippen molar-refractivity contribution in [3.63, 3.8) is 0 Å². The van der Waals surface area contributed by atoms with Gasteiger partial charge in [0.2, 0.25) is 5.91 Å². The highest BCUT2D eigenvalue weighted by atomic mass is 35.5. The molecule has 2 aliphatic carbocycles. The Morgan fingerprint density at radius 3 is 2.04 bits per heavy atom. The largest absolute Gasteiger partial charge is 0.339 e. The smallest absolute Gasteiger partial charge is 0.253 e. The van der Waals surface area contributed by atoms with E-state index in [0.717, 1.165) is 24.0 Å². The number of fused-ring (bicyclic) bond motifs is 2. The summed E-state index contributed by atoms with van der Waals surface area (Å²) in [6, 6.07) is 8.01. The number of carbonyl (C=O) groups excluding carboxylic acids is 2. The molecule has 2 atom stereocenters. The van der Waals surface area contributed by atoms with E-state index in [1.807, 2.05) is 41.0 Å². The van der Waals surface area contributed by atoms with Crippen LogP contribution in [0.5, 0.6) is 0 Å². The lowest BCUT2D eigenvalue weighted by Gasteiger charge is -2.45. The van der Waals surface area contributed by atoms with Crippen molar-refractivity contribution >= 4 is 24.2 Å². The third-order valence-electron chi connectivity index (χ3n) is 6.94. The molecule has 0 radical (unpaired) electrons. The maximum atomic E-state index is 13.1. The van der Waals surface area contributed by atoms with Gasteiger partial charge in [-0.2, -0.15) is 0 Å². The predicted octanol–water partition coefficient (Wildman–Crippen LogP) is 2.85. The second-order valence-electron chi connectivity index (χ2n) is 8.68. The number of hydrogen-bond acceptors (Lipinski definition) is 3. The number of benzene rings is 1. The summed E-state index contributed by atoms with van der Waals surface area (Å²) in [6.07, 6.45) is 5.54. The van der Waals surface area contributed by atoms with E-state index >= 15 is 0 Å². The fraction of sp³-hybridized carbons (Fsp3) is 0.636. The molecular formula is C22H32ClN3O2. The molecule has 154 valence electrons. The third kappa shape index (κ3) is 4.20. The molecule has 2 saturated carbocycles. The monoisotopic (exact) mass is 405 g/mol. The summed E-state index contributed by atoms with van der Waals surface area (Å²) in [5, 5.41) is 0. The summed E-state index contributed by atoms with van der Waals surface area (Å²) < 4.78 is 0. The Labute approximate surface area is 174 Å². The van der Waals surface area contributed by atoms with Gasteiger partial charge < -0.3 is 15.5 Å². The van der Waals surface area contributed by atoms with Crippen molar-refractivity contribution in [2.75, 3.05) is 26.2 Å². The highest BCUT2D eigenvalue weighted by molar-refractivity contribution is 5.94. The first-order valence-electron chi connectivity index (χ1n) is 10.4. The summed E-state index contributed by atoms with van der Waals surface area (Å²) >= 11 is 0. The lowest BCUT2D eigenvalue weighted by molar-refractivity contribution is -0.140. The zero-order valence-corrected chi connectivity index (χ0v) is 17.5. The van der Waals surface area contributed by atoms with Gasteiger partial charge in [-0.25, -0.2) is 0 Å². The standard InChI is InChI=1S/C22H31N3O2.ClH/c1-15-5-7-16(8-6-15)21(26)24-9-11-25(12-10-24)22(27)19-13-17-3-2-4-18(14-19)20(17)23;/h5-8,17-20H,2-4,9-14,23H2,1H3;1H. The van der Waals surface area contributed by atoms with E-state index in [9.17, 15) is 9.59 Å². The molecule has 0 aromatic heterocycles. The fourth-order valence-electron chi connectivity index (χ4n) is 5.26. The van der Waals surface area contributed by atoms with E-state index in [1.165, 1.54) is 19.3 Å². The van der Waals surface area contributed by atoms with Gasteiger partial charge in [-0.1, -0.05) is 24.1 Å². The SMILES string of the molecule is Cc1ccc(C(=O)N2CCN(C(=O)C3CC4CCCC(C3)C4N)CC2)cc1.Cl. The number of rotatable bonds is 2. The summed E-state index contributed by atoms with van der Waals surface area (Å²) in [5.41, 5.74) is 8.25. The zero-order chi connectivity index (χ0) is 19.0. The van der Waals surface area contributed by atoms with Crippen molar-refractivity contribution < 1.29 is 9.59 Å². The molecule has 0 spiro atoms. The van der Waals surface area contributed by atoms with E-state index in [2.05, 4.69) is 0 Å². The number of nitrogens with zero attached hydrogens (tertiary/aromatic N) is 2. The predicted molar refractivity (Wildman–Crippen MR) is 112 cm³/mol. The average Bonchev–Trinajstić information content (AvgIpc) is 2.67. The number of piperazine rings is 1. The maximum Gasteiger partial charge on any atom is 0.253 e. The Hall–Kier alpha value is -1.59. The lowest BCUT2D eigenvalue weighted by atomic mass is 9.65. The van der Waals surface area contributed by atoms with Crippen molar-refractivity contribution in [1.82, 2.24) is 9.80 Å². The molecule has 1 aromatic rings. The van der Waals surface area contributed by atoms with Gasteiger partial charge in [-0.15, -0.1) is 12.4 Å². The van der Waals surface area contributed by atoms with Crippen LogP contribution in [-0.4, -0.2) is 53.8 Å². The summed E-state index contributed by atoms with van der Waals surface area (Å²) in [4.78, 5) is 29.6. The molecule has 4 rings (SSSR count). The Morgan fingerprint density at radius 1 is 0.929 bits per heavy atom. The molecule has 3 fully saturated rings. The van der Waals surface area contributed by atoms with Crippen LogP contribution in [0.25, 0.3) is 0 Å². The Bertz CT molecular complexity index is 686. The van der Waals surface area contributed by atoms with Crippen LogP contribution in [-0.2, 0) is 4.79 Å². The first-order chi connectivity index (χ1) is 13.0. The number of halogens is 1. The van der Waals surface area contributed by atoms with Crippen LogP contribution in [0.1, 0.15) is 48.0 Å². The van der Waals surface area contributed by atoms with E-state index in [-0.39, 0.29) is 24.2 Å². The lowest BCUT2D eigenvalue weighted by Crippen LogP contribution is -2.54. The highest BCUT2D eigenvalue weighted by Gasteiger charge is 2.42. The molecule has 28 heavy (non-hydrogen) atoms. The van der Waals surface area contributed by atoms with E-state index < -0.39 is 0 Å². The van der Waals surface area contributed by atoms with Crippen LogP contribution in [0.4, 0.5) is 0 Å². The number of nitrogens with two attached hydrogens (primary N) is 1. The summed E-state index contributed by atoms with van der Waals surface area (Å²) in [6.45, 7) is 4.56. The number of aryl methyl sites for hydroxylation is 1. The minimum Gasteiger partial charge on any atom is -0.339 e. The minimum atomic E-state index is 0. The van der Waals surface area contributed by atoms with Gasteiger partial charge in [0.05, 0.1) is 0 Å². The van der Waals surface area contributed by atoms with Crippen LogP contribution >= 0.6 is 12.4 Å². The molecule has 1 aromatic carbocycles. The van der Waals surface area contributed by atoms with Crippen LogP contribution in [0.3, 0.4) is 0 Å². The molecule has 6 heteroatoms. The van der Waals surface area contributed by atoms with Crippen LogP contribution in [0.15, 0.2) is 24.3 Å². The molecule has 5 nitrogen and oxygen atoms in total. The second-order valence-corrected chi connectivity index (χ2v) is 8.68. The zero-order valence-electron chi connectivity index (χ0n) is 16.7. The van der Waals surface area contributed by atoms with E-state index in [0.29, 0.717) is 50.0 Å². The van der Waals surface area contributed by atoms with Crippen molar-refractivity contribution in [3.8, 4) is 0 Å². The molecule has 1 saturated heterocycles. The minimum absolute atomic E-state index is 0. The second kappa shape index (κ2) is 8.83. The molecule has 1 heterocycles. The number of hydrogen-bond donors (Lipinski definition) is 1. The molecule has 1 aliphatic heterocycles. The average molecular weight is 406 g/mol. The summed E-state index contributed by atoms with van der Waals surface area (Å²) in [5.74, 6) is 1.55. The van der Waals surface area contributed by atoms with Gasteiger partial charge in [0, 0.05) is 43.7 Å². The van der Waals surface area contributed by atoms with E-state index in [1.54, 1.807) is 0 Å². The normalized spacial score (nSPS) is 29.8. The highest BCUT2D eigenvalue weighted by Crippen LogP contribution is 2.42. The topological polar surface area (TPSA) is 66.6 Å². The molecule has 2 amide bonds. The van der Waals surface area contributed by atoms with Gasteiger partial charge >= 0.3 is 0 Å². The maximum absolute atomic E-state index is 13.1.